The fourth-order valence-corrected chi connectivity index (χ4v) is 2.83. The molecule has 0 amide bonds. The topological polar surface area (TPSA) is 81.3 Å². The van der Waals surface area contributed by atoms with Gasteiger partial charge in [0.05, 0.1) is 6.20 Å². The Morgan fingerprint density at radius 3 is 3.00 bits per heavy atom. The summed E-state index contributed by atoms with van der Waals surface area (Å²) in [4.78, 5) is 6.91. The van der Waals surface area contributed by atoms with Crippen molar-refractivity contribution in [3.63, 3.8) is 0 Å². The van der Waals surface area contributed by atoms with Gasteiger partial charge < -0.3 is 10.3 Å². The van der Waals surface area contributed by atoms with E-state index in [0.29, 0.717) is 17.3 Å². The molecule has 0 fully saturated rings. The largest absolute Gasteiger partial charge is 0.353 e. The summed E-state index contributed by atoms with van der Waals surface area (Å²) in [6.45, 7) is 5.34. The first-order valence-corrected chi connectivity index (χ1v) is 7.21. The van der Waals surface area contributed by atoms with Crippen LogP contribution in [0.2, 0.25) is 0 Å². The molecule has 2 aromatic heterocycles. The van der Waals surface area contributed by atoms with Gasteiger partial charge in [-0.1, -0.05) is 6.92 Å². The van der Waals surface area contributed by atoms with Crippen LogP contribution >= 0.6 is 0 Å². The summed E-state index contributed by atoms with van der Waals surface area (Å²) in [5, 5.41) is 13.6. The van der Waals surface area contributed by atoms with Crippen molar-refractivity contribution in [3.05, 3.63) is 17.3 Å². The molecule has 110 valence electrons. The van der Waals surface area contributed by atoms with Gasteiger partial charge in [0.15, 0.2) is 5.65 Å². The number of hydrogen-bond donors (Lipinski definition) is 2. The zero-order valence-corrected chi connectivity index (χ0v) is 12.5. The lowest BCUT2D eigenvalue weighted by Crippen LogP contribution is -2.32. The maximum Gasteiger partial charge on any atom is 0.177 e. The van der Waals surface area contributed by atoms with E-state index in [2.05, 4.69) is 45.8 Å². The molecule has 2 N–H and O–H groups in total. The molecule has 0 saturated carbocycles. The zero-order chi connectivity index (χ0) is 15.0. The normalized spacial score (nSPS) is 15.0. The fraction of sp³-hybridized carbons (Fsp3) is 0.500. The number of hydrazine groups is 1. The van der Waals surface area contributed by atoms with Crippen LogP contribution in [0.25, 0.3) is 5.65 Å². The standard InChI is InChI=1S/C14H19N7/c1-4-9(2)20-6-5-11-12(19-16-3)18-13-10(7-15)8-17-21(13)14(11)20/h8-9,16H,4-6H2,1-3H3,(H,18,19). The fourth-order valence-electron chi connectivity index (χ4n) is 2.83. The van der Waals surface area contributed by atoms with E-state index in [1.807, 2.05) is 0 Å². The molecular weight excluding hydrogens is 266 g/mol. The van der Waals surface area contributed by atoms with Crippen LogP contribution in [-0.4, -0.2) is 34.2 Å². The second-order valence-electron chi connectivity index (χ2n) is 5.24. The van der Waals surface area contributed by atoms with Crippen LogP contribution < -0.4 is 15.8 Å². The number of nitrogens with zero attached hydrogens (tertiary/aromatic N) is 5. The van der Waals surface area contributed by atoms with Crippen LogP contribution in [0.5, 0.6) is 0 Å². The number of anilines is 2. The van der Waals surface area contributed by atoms with Gasteiger partial charge in [-0.15, -0.1) is 0 Å². The predicted molar refractivity (Wildman–Crippen MR) is 81.2 cm³/mol. The number of rotatable bonds is 4. The van der Waals surface area contributed by atoms with Crippen LogP contribution in [0.4, 0.5) is 11.6 Å². The Morgan fingerprint density at radius 1 is 1.52 bits per heavy atom. The number of hydrogen-bond acceptors (Lipinski definition) is 6. The van der Waals surface area contributed by atoms with Gasteiger partial charge in [-0.3, -0.25) is 0 Å². The highest BCUT2D eigenvalue weighted by Crippen LogP contribution is 2.35. The molecule has 21 heavy (non-hydrogen) atoms. The van der Waals surface area contributed by atoms with Gasteiger partial charge in [0.25, 0.3) is 0 Å². The molecule has 1 atom stereocenters. The summed E-state index contributed by atoms with van der Waals surface area (Å²) in [7, 11) is 1.81. The first kappa shape index (κ1) is 13.6. The minimum Gasteiger partial charge on any atom is -0.353 e. The Morgan fingerprint density at radius 2 is 2.33 bits per heavy atom. The van der Waals surface area contributed by atoms with E-state index >= 15 is 0 Å². The van der Waals surface area contributed by atoms with Gasteiger partial charge in [-0.25, -0.2) is 10.4 Å². The Bertz CT molecular complexity index is 712. The molecule has 0 saturated heterocycles. The third kappa shape index (κ3) is 1.99. The number of aromatic nitrogens is 3. The lowest BCUT2D eigenvalue weighted by atomic mass is 10.2. The molecule has 1 aliphatic rings. The van der Waals surface area contributed by atoms with Crippen molar-refractivity contribution >= 4 is 17.3 Å². The smallest absolute Gasteiger partial charge is 0.177 e. The Balaban J connectivity index is 2.26. The van der Waals surface area contributed by atoms with Crippen LogP contribution in [-0.2, 0) is 6.42 Å². The molecule has 0 bridgehead atoms. The average molecular weight is 285 g/mol. The molecule has 3 heterocycles. The number of fused-ring (bicyclic) bond motifs is 3. The van der Waals surface area contributed by atoms with Gasteiger partial charge in [0.1, 0.15) is 23.3 Å². The first-order chi connectivity index (χ1) is 10.2. The first-order valence-electron chi connectivity index (χ1n) is 7.21. The lowest BCUT2D eigenvalue weighted by Gasteiger charge is -2.26. The summed E-state index contributed by atoms with van der Waals surface area (Å²) in [6.07, 6.45) is 3.57. The van der Waals surface area contributed by atoms with Crippen molar-refractivity contribution in [2.45, 2.75) is 32.7 Å². The third-order valence-corrected chi connectivity index (χ3v) is 4.08. The molecule has 2 aromatic rings. The zero-order valence-electron chi connectivity index (χ0n) is 12.5. The van der Waals surface area contributed by atoms with E-state index in [1.54, 1.807) is 17.8 Å². The molecule has 0 radical (unpaired) electrons. The van der Waals surface area contributed by atoms with E-state index < -0.39 is 0 Å². The maximum atomic E-state index is 9.22. The quantitative estimate of drug-likeness (QED) is 0.824. The number of nitrogens with one attached hydrogen (secondary N) is 2. The van der Waals surface area contributed by atoms with Crippen LogP contribution in [0.15, 0.2) is 6.20 Å². The third-order valence-electron chi connectivity index (χ3n) is 4.08. The summed E-state index contributed by atoms with van der Waals surface area (Å²) in [6, 6.07) is 2.58. The summed E-state index contributed by atoms with van der Waals surface area (Å²) >= 11 is 0. The van der Waals surface area contributed by atoms with E-state index in [0.717, 1.165) is 36.6 Å². The van der Waals surface area contributed by atoms with Crippen LogP contribution in [0.1, 0.15) is 31.4 Å². The molecule has 0 spiro atoms. The van der Waals surface area contributed by atoms with E-state index in [-0.39, 0.29) is 0 Å². The predicted octanol–water partition coefficient (Wildman–Crippen LogP) is 1.31. The van der Waals surface area contributed by atoms with Crippen molar-refractivity contribution in [2.75, 3.05) is 23.9 Å². The van der Waals surface area contributed by atoms with Gasteiger partial charge >= 0.3 is 0 Å². The molecular formula is C14H19N7. The van der Waals surface area contributed by atoms with Gasteiger partial charge in [-0.05, 0) is 19.8 Å². The Hall–Kier alpha value is -2.33. The SMILES string of the molecule is CCC(C)N1CCc2c(NNC)nc3c(C#N)cnn3c21. The Kier molecular flexibility index (Phi) is 3.39. The molecule has 0 aliphatic carbocycles. The minimum atomic E-state index is 0.425. The minimum absolute atomic E-state index is 0.425. The van der Waals surface area contributed by atoms with Crippen molar-refractivity contribution in [2.24, 2.45) is 0 Å². The van der Waals surface area contributed by atoms with Gasteiger partial charge in [-0.2, -0.15) is 14.9 Å². The van der Waals surface area contributed by atoms with E-state index in [9.17, 15) is 5.26 Å². The lowest BCUT2D eigenvalue weighted by molar-refractivity contribution is 0.623. The molecule has 3 rings (SSSR count). The molecule has 1 unspecified atom stereocenters. The van der Waals surface area contributed by atoms with Crippen molar-refractivity contribution in [1.82, 2.24) is 20.0 Å². The van der Waals surface area contributed by atoms with Gasteiger partial charge in [0, 0.05) is 25.2 Å². The van der Waals surface area contributed by atoms with E-state index in [4.69, 9.17) is 0 Å². The molecule has 0 aromatic carbocycles. The summed E-state index contributed by atoms with van der Waals surface area (Å²) < 4.78 is 1.80. The van der Waals surface area contributed by atoms with Crippen molar-refractivity contribution < 1.29 is 0 Å². The second-order valence-corrected chi connectivity index (χ2v) is 5.24. The molecule has 1 aliphatic heterocycles. The van der Waals surface area contributed by atoms with E-state index in [1.165, 1.54) is 0 Å². The Labute approximate surface area is 123 Å². The average Bonchev–Trinajstić information content (AvgIpc) is 3.10. The highest BCUT2D eigenvalue weighted by Gasteiger charge is 2.30. The van der Waals surface area contributed by atoms with Crippen LogP contribution in [0.3, 0.4) is 0 Å². The van der Waals surface area contributed by atoms with Crippen molar-refractivity contribution in [1.29, 1.82) is 5.26 Å². The highest BCUT2D eigenvalue weighted by molar-refractivity contribution is 5.71. The number of nitriles is 1. The summed E-state index contributed by atoms with van der Waals surface area (Å²) in [5.74, 6) is 1.83. The maximum absolute atomic E-state index is 9.22. The summed E-state index contributed by atoms with van der Waals surface area (Å²) in [5.41, 5.74) is 8.24. The molecule has 7 heteroatoms. The molecule has 7 nitrogen and oxygen atoms in total. The monoisotopic (exact) mass is 285 g/mol. The van der Waals surface area contributed by atoms with Gasteiger partial charge in [0.2, 0.25) is 0 Å². The van der Waals surface area contributed by atoms with Crippen molar-refractivity contribution in [3.8, 4) is 6.07 Å². The highest BCUT2D eigenvalue weighted by atomic mass is 15.4. The second kappa shape index (κ2) is 5.22. The van der Waals surface area contributed by atoms with Crippen LogP contribution in [0, 0.1) is 11.3 Å².